The van der Waals surface area contributed by atoms with Gasteiger partial charge in [0.2, 0.25) is 5.88 Å². The summed E-state index contributed by atoms with van der Waals surface area (Å²) < 4.78 is 10.3. The van der Waals surface area contributed by atoms with Crippen LogP contribution in [0.25, 0.3) is 10.9 Å². The van der Waals surface area contributed by atoms with Gasteiger partial charge < -0.3 is 14.8 Å². The molecule has 30 heavy (non-hydrogen) atoms. The molecule has 1 aliphatic carbocycles. The van der Waals surface area contributed by atoms with Crippen molar-refractivity contribution in [2.24, 2.45) is 0 Å². The van der Waals surface area contributed by atoms with Gasteiger partial charge in [0.15, 0.2) is 0 Å². The average Bonchev–Trinajstić information content (AvgIpc) is 3.62. The number of pyridine rings is 2. The molecule has 7 nitrogen and oxygen atoms in total. The quantitative estimate of drug-likeness (QED) is 0.592. The number of benzene rings is 1. The minimum atomic E-state index is -0.447. The maximum absolute atomic E-state index is 12.6. The maximum Gasteiger partial charge on any atom is 0.341 e. The second-order valence-corrected chi connectivity index (χ2v) is 7.18. The van der Waals surface area contributed by atoms with Crippen LogP contribution in [0, 0.1) is 11.3 Å². The minimum Gasteiger partial charge on any atom is -0.481 e. The summed E-state index contributed by atoms with van der Waals surface area (Å²) in [4.78, 5) is 21.4. The van der Waals surface area contributed by atoms with Gasteiger partial charge >= 0.3 is 5.97 Å². The summed E-state index contributed by atoms with van der Waals surface area (Å²) in [5.74, 6) is 0.506. The Labute approximate surface area is 174 Å². The largest absolute Gasteiger partial charge is 0.481 e. The van der Waals surface area contributed by atoms with Gasteiger partial charge in [-0.3, -0.25) is 4.98 Å². The number of nitriles is 1. The van der Waals surface area contributed by atoms with Gasteiger partial charge in [0.25, 0.3) is 0 Å². The Morgan fingerprint density at radius 1 is 1.27 bits per heavy atom. The number of nitrogens with zero attached hydrogens (tertiary/aromatic N) is 3. The molecule has 0 aliphatic heterocycles. The smallest absolute Gasteiger partial charge is 0.341 e. The maximum atomic E-state index is 12.6. The minimum absolute atomic E-state index is 0.268. The number of esters is 1. The molecule has 0 radical (unpaired) electrons. The van der Waals surface area contributed by atoms with Gasteiger partial charge in [-0.2, -0.15) is 5.26 Å². The average molecular weight is 402 g/mol. The Balaban J connectivity index is 1.80. The van der Waals surface area contributed by atoms with E-state index >= 15 is 0 Å². The number of nitrogens with one attached hydrogen (secondary N) is 1. The summed E-state index contributed by atoms with van der Waals surface area (Å²) in [5, 5.41) is 13.6. The van der Waals surface area contributed by atoms with Gasteiger partial charge in [-0.25, -0.2) is 9.78 Å². The fraction of sp³-hybridized carbons (Fsp3) is 0.304. The molecule has 2 aromatic heterocycles. The molecular formula is C23H22N4O3. The second-order valence-electron chi connectivity index (χ2n) is 7.18. The van der Waals surface area contributed by atoms with E-state index in [4.69, 9.17) is 9.47 Å². The van der Waals surface area contributed by atoms with Gasteiger partial charge in [-0.05, 0) is 48.9 Å². The van der Waals surface area contributed by atoms with E-state index in [1.165, 1.54) is 0 Å². The van der Waals surface area contributed by atoms with E-state index in [9.17, 15) is 10.1 Å². The first-order valence-electron chi connectivity index (χ1n) is 9.91. The lowest BCUT2D eigenvalue weighted by molar-refractivity contribution is 0.0527. The molecule has 2 heterocycles. The second kappa shape index (κ2) is 8.37. The predicted octanol–water partition coefficient (Wildman–Crippen LogP) is 4.18. The van der Waals surface area contributed by atoms with Crippen LogP contribution in [0.1, 0.15) is 52.7 Å². The number of carbonyl (C=O) groups is 1. The Morgan fingerprint density at radius 3 is 2.73 bits per heavy atom. The van der Waals surface area contributed by atoms with Gasteiger partial charge in [0, 0.05) is 30.4 Å². The Morgan fingerprint density at radius 2 is 2.10 bits per heavy atom. The van der Waals surface area contributed by atoms with Crippen molar-refractivity contribution in [1.82, 2.24) is 9.97 Å². The van der Waals surface area contributed by atoms with E-state index in [1.54, 1.807) is 38.6 Å². The molecule has 4 rings (SSSR count). The normalized spacial score (nSPS) is 13.0. The lowest BCUT2D eigenvalue weighted by Gasteiger charge is -2.16. The van der Waals surface area contributed by atoms with Crippen molar-refractivity contribution in [3.63, 3.8) is 0 Å². The third kappa shape index (κ3) is 3.90. The molecule has 3 aromatic rings. The summed E-state index contributed by atoms with van der Waals surface area (Å²) in [5.41, 5.74) is 4.33. The number of carbonyl (C=O) groups excluding carboxylic acids is 1. The third-order valence-corrected chi connectivity index (χ3v) is 5.12. The highest BCUT2D eigenvalue weighted by atomic mass is 16.5. The molecule has 0 spiro atoms. The number of fused-ring (bicyclic) bond motifs is 1. The Bertz CT molecular complexity index is 1130. The topological polar surface area (TPSA) is 97.1 Å². The predicted molar refractivity (Wildman–Crippen MR) is 113 cm³/mol. The fourth-order valence-electron chi connectivity index (χ4n) is 3.48. The molecular weight excluding hydrogens is 380 g/mol. The van der Waals surface area contributed by atoms with Crippen LogP contribution in [0.2, 0.25) is 0 Å². The summed E-state index contributed by atoms with van der Waals surface area (Å²) in [7, 11) is 1.57. The van der Waals surface area contributed by atoms with Crippen molar-refractivity contribution in [2.75, 3.05) is 19.0 Å². The highest BCUT2D eigenvalue weighted by Crippen LogP contribution is 2.44. The lowest BCUT2D eigenvalue weighted by Crippen LogP contribution is -2.12. The standard InChI is InChI=1S/C23H22N4O3/c1-3-30-23(28)19-13-27-21-17(16-5-6-16)8-15(10-24)9-18(21)22(19)26-12-14-4-7-20(29-2)25-11-14/h4,7-9,11,13,16H,3,5-6,12H2,1-2H3,(H,26,27). The number of ether oxygens (including phenoxy) is 2. The molecule has 1 aromatic carbocycles. The van der Waals surface area contributed by atoms with Crippen molar-refractivity contribution in [3.05, 3.63) is 58.9 Å². The molecule has 1 N–H and O–H groups in total. The monoisotopic (exact) mass is 402 g/mol. The lowest BCUT2D eigenvalue weighted by atomic mass is 9.99. The molecule has 0 bridgehead atoms. The molecule has 152 valence electrons. The molecule has 1 saturated carbocycles. The highest BCUT2D eigenvalue weighted by Gasteiger charge is 2.28. The number of anilines is 1. The van der Waals surface area contributed by atoms with Crippen molar-refractivity contribution in [3.8, 4) is 11.9 Å². The van der Waals surface area contributed by atoms with E-state index in [2.05, 4.69) is 21.4 Å². The molecule has 0 amide bonds. The number of hydrogen-bond acceptors (Lipinski definition) is 7. The van der Waals surface area contributed by atoms with Gasteiger partial charge in [-0.15, -0.1) is 0 Å². The SMILES string of the molecule is CCOC(=O)c1cnc2c(C3CC3)cc(C#N)cc2c1NCc1ccc(OC)nc1. The van der Waals surface area contributed by atoms with Crippen LogP contribution in [-0.4, -0.2) is 29.7 Å². The van der Waals surface area contributed by atoms with E-state index in [-0.39, 0.29) is 6.61 Å². The zero-order valence-corrected chi connectivity index (χ0v) is 16.9. The van der Waals surface area contributed by atoms with Crippen molar-refractivity contribution in [2.45, 2.75) is 32.2 Å². The van der Waals surface area contributed by atoms with Crippen LogP contribution in [0.4, 0.5) is 5.69 Å². The Kier molecular flexibility index (Phi) is 5.48. The first-order chi connectivity index (χ1) is 14.6. The van der Waals surface area contributed by atoms with E-state index < -0.39 is 5.97 Å². The van der Waals surface area contributed by atoms with Gasteiger partial charge in [0.05, 0.1) is 36.6 Å². The fourth-order valence-corrected chi connectivity index (χ4v) is 3.48. The van der Waals surface area contributed by atoms with Crippen LogP contribution in [0.3, 0.4) is 0 Å². The first kappa shape index (κ1) is 19.6. The highest BCUT2D eigenvalue weighted by molar-refractivity contribution is 6.06. The first-order valence-corrected chi connectivity index (χ1v) is 9.91. The van der Waals surface area contributed by atoms with E-state index in [0.717, 1.165) is 34.9 Å². The number of rotatable bonds is 7. The van der Waals surface area contributed by atoms with Crippen LogP contribution in [0.15, 0.2) is 36.7 Å². The summed E-state index contributed by atoms with van der Waals surface area (Å²) in [6.45, 7) is 2.48. The van der Waals surface area contributed by atoms with E-state index in [0.29, 0.717) is 35.2 Å². The van der Waals surface area contributed by atoms with Crippen molar-refractivity contribution in [1.29, 1.82) is 5.26 Å². The van der Waals surface area contributed by atoms with Crippen LogP contribution in [-0.2, 0) is 11.3 Å². The molecule has 0 atom stereocenters. The van der Waals surface area contributed by atoms with Crippen molar-refractivity contribution < 1.29 is 14.3 Å². The summed E-state index contributed by atoms with van der Waals surface area (Å²) >= 11 is 0. The molecule has 7 heteroatoms. The summed E-state index contributed by atoms with van der Waals surface area (Å²) in [6, 6.07) is 9.62. The van der Waals surface area contributed by atoms with Crippen LogP contribution in [0.5, 0.6) is 5.88 Å². The molecule has 1 fully saturated rings. The zero-order valence-electron chi connectivity index (χ0n) is 16.9. The number of aromatic nitrogens is 2. The molecule has 0 saturated heterocycles. The third-order valence-electron chi connectivity index (χ3n) is 5.12. The summed E-state index contributed by atoms with van der Waals surface area (Å²) in [6.07, 6.45) is 5.46. The van der Waals surface area contributed by atoms with Crippen LogP contribution < -0.4 is 10.1 Å². The van der Waals surface area contributed by atoms with Gasteiger partial charge in [0.1, 0.15) is 5.56 Å². The Hall–Kier alpha value is -3.66. The number of hydrogen-bond donors (Lipinski definition) is 1. The zero-order chi connectivity index (χ0) is 21.1. The number of methoxy groups -OCH3 is 1. The van der Waals surface area contributed by atoms with E-state index in [1.807, 2.05) is 12.1 Å². The van der Waals surface area contributed by atoms with Crippen LogP contribution >= 0.6 is 0 Å². The molecule has 1 aliphatic rings. The molecule has 0 unspecified atom stereocenters. The van der Waals surface area contributed by atoms with Crippen molar-refractivity contribution >= 4 is 22.6 Å². The van der Waals surface area contributed by atoms with Gasteiger partial charge in [-0.1, -0.05) is 6.07 Å².